The van der Waals surface area contributed by atoms with Gasteiger partial charge >= 0.3 is 5.97 Å². The minimum atomic E-state index is -1.02. The van der Waals surface area contributed by atoms with Gasteiger partial charge in [0.25, 0.3) is 5.91 Å². The van der Waals surface area contributed by atoms with Crippen molar-refractivity contribution in [2.24, 2.45) is 16.0 Å². The number of fused-ring (bicyclic) bond motifs is 1. The maximum Gasteiger partial charge on any atom is 0.335 e. The Balaban J connectivity index is 1.32. The van der Waals surface area contributed by atoms with E-state index in [-0.39, 0.29) is 17.0 Å². The predicted molar refractivity (Wildman–Crippen MR) is 132 cm³/mol. The van der Waals surface area contributed by atoms with Gasteiger partial charge in [-0.05, 0) is 60.9 Å². The molecule has 1 amide bonds. The summed E-state index contributed by atoms with van der Waals surface area (Å²) >= 11 is 1.37. The number of carbonyl (C=O) groups excluding carboxylic acids is 1. The molecule has 2 aliphatic heterocycles. The van der Waals surface area contributed by atoms with Crippen molar-refractivity contribution in [2.75, 3.05) is 0 Å². The monoisotopic (exact) mass is 476 g/mol. The fraction of sp³-hybridized carbons (Fsp3) is 0.320. The summed E-state index contributed by atoms with van der Waals surface area (Å²) < 4.78 is 5.82. The maximum atomic E-state index is 12.7. The molecule has 1 aromatic heterocycles. The average Bonchev–Trinajstić information content (AvgIpc) is 3.48. The van der Waals surface area contributed by atoms with Crippen molar-refractivity contribution in [3.63, 3.8) is 0 Å². The number of nitrogens with one attached hydrogen (secondary N) is 1. The zero-order valence-electron chi connectivity index (χ0n) is 18.5. The number of carboxylic acids is 1. The fourth-order valence-corrected chi connectivity index (χ4v) is 5.37. The summed E-state index contributed by atoms with van der Waals surface area (Å²) in [6, 6.07) is 9.79. The van der Waals surface area contributed by atoms with Gasteiger partial charge in [0.05, 0.1) is 11.1 Å². The van der Waals surface area contributed by atoms with Gasteiger partial charge in [0.2, 0.25) is 5.17 Å². The Kier molecular flexibility index (Phi) is 6.19. The van der Waals surface area contributed by atoms with Crippen LogP contribution in [0.15, 0.2) is 56.5 Å². The highest BCUT2D eigenvalue weighted by Gasteiger charge is 2.35. The van der Waals surface area contributed by atoms with Gasteiger partial charge in [0.1, 0.15) is 16.6 Å². The summed E-state index contributed by atoms with van der Waals surface area (Å²) in [6.07, 6.45) is 9.88. The van der Waals surface area contributed by atoms with Crippen molar-refractivity contribution >= 4 is 45.8 Å². The van der Waals surface area contributed by atoms with Gasteiger partial charge < -0.3 is 9.52 Å². The number of aliphatic imine (C=N–C) groups is 1. The molecule has 0 saturated heterocycles. The molecule has 1 saturated carbocycles. The molecule has 0 radical (unpaired) electrons. The summed E-state index contributed by atoms with van der Waals surface area (Å²) in [6.45, 7) is 0. The minimum Gasteiger partial charge on any atom is -0.478 e. The lowest BCUT2D eigenvalue weighted by Crippen LogP contribution is -2.35. The van der Waals surface area contributed by atoms with E-state index in [0.29, 0.717) is 22.3 Å². The Morgan fingerprint density at radius 2 is 2.06 bits per heavy atom. The lowest BCUT2D eigenvalue weighted by molar-refractivity contribution is -0.114. The Morgan fingerprint density at radius 1 is 1.24 bits per heavy atom. The number of hydrogen-bond acceptors (Lipinski definition) is 6. The zero-order chi connectivity index (χ0) is 23.7. The normalized spacial score (nSPS) is 19.9. The number of hydrogen-bond donors (Lipinski definition) is 2. The van der Waals surface area contributed by atoms with Crippen LogP contribution in [0.4, 0.5) is 0 Å². The molecule has 1 aliphatic carbocycles. The first kappa shape index (κ1) is 22.3. The van der Waals surface area contributed by atoms with Crippen LogP contribution < -0.4 is 0 Å². The standard InChI is InChI=1S/C25H24N4O4S/c26-22-19(14-18-10-11-20(33-18)16-7-4-8-17(13-16)24(31)32)23(30)27-25-29(22)28-21(34-25)12-9-15-5-2-1-3-6-15/h4,7-8,10-11,13-15,26H,1-3,5-6,9,12H2,(H,31,32)/b19-14-,26-22?. The molecule has 174 valence electrons. The van der Waals surface area contributed by atoms with Crippen molar-refractivity contribution in [3.05, 3.63) is 53.3 Å². The number of rotatable bonds is 6. The Labute approximate surface area is 200 Å². The fourth-order valence-electron chi connectivity index (χ4n) is 4.47. The molecule has 34 heavy (non-hydrogen) atoms. The van der Waals surface area contributed by atoms with Gasteiger partial charge in [-0.1, -0.05) is 44.2 Å². The minimum absolute atomic E-state index is 0.0269. The van der Waals surface area contributed by atoms with Crippen LogP contribution in [-0.4, -0.2) is 38.0 Å². The van der Waals surface area contributed by atoms with Crippen LogP contribution in [0.25, 0.3) is 17.4 Å². The topological polar surface area (TPSA) is 119 Å². The summed E-state index contributed by atoms with van der Waals surface area (Å²) in [7, 11) is 0. The molecule has 1 fully saturated rings. The molecule has 3 aliphatic rings. The number of carbonyl (C=O) groups is 2. The average molecular weight is 477 g/mol. The Morgan fingerprint density at radius 3 is 2.85 bits per heavy atom. The van der Waals surface area contributed by atoms with E-state index in [0.717, 1.165) is 23.8 Å². The smallest absolute Gasteiger partial charge is 0.335 e. The summed E-state index contributed by atoms with van der Waals surface area (Å²) in [5.74, 6) is 0.0223. The molecule has 0 atom stereocenters. The van der Waals surface area contributed by atoms with E-state index in [2.05, 4.69) is 10.1 Å². The van der Waals surface area contributed by atoms with Crippen molar-refractivity contribution in [1.29, 1.82) is 5.41 Å². The number of amides is 1. The van der Waals surface area contributed by atoms with Crippen LogP contribution in [0.3, 0.4) is 0 Å². The number of furan rings is 1. The number of benzene rings is 1. The van der Waals surface area contributed by atoms with E-state index in [1.54, 1.807) is 24.3 Å². The Hall–Kier alpha value is -3.46. The maximum absolute atomic E-state index is 12.7. The third-order valence-electron chi connectivity index (χ3n) is 6.29. The molecule has 0 unspecified atom stereocenters. The first-order valence-electron chi connectivity index (χ1n) is 11.4. The molecule has 2 N–H and O–H groups in total. The Bertz CT molecular complexity index is 1250. The number of thioether (sulfide) groups is 1. The zero-order valence-corrected chi connectivity index (χ0v) is 19.3. The van der Waals surface area contributed by atoms with Gasteiger partial charge in [-0.15, -0.1) is 0 Å². The molecule has 9 heteroatoms. The second kappa shape index (κ2) is 9.42. The number of aromatic carboxylic acids is 1. The van der Waals surface area contributed by atoms with Crippen molar-refractivity contribution in [2.45, 2.75) is 44.9 Å². The van der Waals surface area contributed by atoms with E-state index in [4.69, 9.17) is 9.83 Å². The number of nitrogens with zero attached hydrogens (tertiary/aromatic N) is 3. The highest BCUT2D eigenvalue weighted by atomic mass is 32.2. The first-order valence-corrected chi connectivity index (χ1v) is 12.2. The highest BCUT2D eigenvalue weighted by molar-refractivity contribution is 8.26. The second-order valence-corrected chi connectivity index (χ2v) is 9.68. The first-order chi connectivity index (χ1) is 16.5. The van der Waals surface area contributed by atoms with E-state index < -0.39 is 11.9 Å². The van der Waals surface area contributed by atoms with Gasteiger partial charge in [0.15, 0.2) is 5.84 Å². The van der Waals surface area contributed by atoms with E-state index in [1.165, 1.54) is 67.1 Å². The predicted octanol–water partition coefficient (Wildman–Crippen LogP) is 5.62. The second-order valence-electron chi connectivity index (χ2n) is 8.64. The third-order valence-corrected chi connectivity index (χ3v) is 7.26. The van der Waals surface area contributed by atoms with Gasteiger partial charge in [-0.3, -0.25) is 10.2 Å². The molecular formula is C25H24N4O4S. The molecule has 3 heterocycles. The van der Waals surface area contributed by atoms with Crippen LogP contribution in [0, 0.1) is 11.3 Å². The van der Waals surface area contributed by atoms with E-state index >= 15 is 0 Å². The van der Waals surface area contributed by atoms with Gasteiger partial charge in [-0.25, -0.2) is 4.79 Å². The molecular weight excluding hydrogens is 452 g/mol. The lowest BCUT2D eigenvalue weighted by atomic mass is 9.86. The molecule has 8 nitrogen and oxygen atoms in total. The molecule has 1 aromatic carbocycles. The van der Waals surface area contributed by atoms with Crippen molar-refractivity contribution in [1.82, 2.24) is 5.01 Å². The molecule has 0 spiro atoms. The van der Waals surface area contributed by atoms with Crippen LogP contribution in [0.1, 0.15) is 61.1 Å². The van der Waals surface area contributed by atoms with E-state index in [9.17, 15) is 14.7 Å². The van der Waals surface area contributed by atoms with Crippen molar-refractivity contribution in [3.8, 4) is 11.3 Å². The van der Waals surface area contributed by atoms with Crippen LogP contribution in [-0.2, 0) is 4.79 Å². The van der Waals surface area contributed by atoms with Crippen LogP contribution in [0.2, 0.25) is 0 Å². The SMILES string of the molecule is N=C1/C(=C/c2ccc(-c3cccc(C(=O)O)c3)o2)C(=O)N=C2SC(CCC3CCCCC3)=NN12. The lowest BCUT2D eigenvalue weighted by Gasteiger charge is -2.20. The number of hydrazone groups is 1. The third kappa shape index (κ3) is 4.61. The van der Waals surface area contributed by atoms with Crippen LogP contribution >= 0.6 is 11.8 Å². The summed E-state index contributed by atoms with van der Waals surface area (Å²) in [4.78, 5) is 28.0. The van der Waals surface area contributed by atoms with E-state index in [1.807, 2.05) is 0 Å². The van der Waals surface area contributed by atoms with Gasteiger partial charge in [0, 0.05) is 5.56 Å². The quantitative estimate of drug-likeness (QED) is 0.522. The number of amidine groups is 2. The molecule has 5 rings (SSSR count). The number of carboxylic acid groups (broad SMARTS) is 1. The largest absolute Gasteiger partial charge is 0.478 e. The summed E-state index contributed by atoms with van der Waals surface area (Å²) in [5, 5.41) is 25.0. The van der Waals surface area contributed by atoms with Gasteiger partial charge in [-0.2, -0.15) is 15.1 Å². The van der Waals surface area contributed by atoms with Crippen LogP contribution in [0.5, 0.6) is 0 Å². The summed E-state index contributed by atoms with van der Waals surface area (Å²) in [5.41, 5.74) is 0.864. The molecule has 0 bridgehead atoms. The highest BCUT2D eigenvalue weighted by Crippen LogP contribution is 2.33. The van der Waals surface area contributed by atoms with Crippen molar-refractivity contribution < 1.29 is 19.1 Å². The molecule has 2 aromatic rings.